The van der Waals surface area contributed by atoms with Gasteiger partial charge in [0.25, 0.3) is 0 Å². The van der Waals surface area contributed by atoms with E-state index in [-0.39, 0.29) is 11.3 Å². The van der Waals surface area contributed by atoms with Crippen molar-refractivity contribution in [1.82, 2.24) is 9.97 Å². The van der Waals surface area contributed by atoms with Gasteiger partial charge in [-0.1, -0.05) is 24.8 Å². The molecule has 2 aromatic heterocycles. The molecule has 0 fully saturated rings. The minimum Gasteiger partial charge on any atom is -0.326 e. The Morgan fingerprint density at radius 1 is 1.25 bits per heavy atom. The lowest BCUT2D eigenvalue weighted by Gasteiger charge is -2.21. The Balaban J connectivity index is 2.28. The van der Waals surface area contributed by atoms with Crippen LogP contribution in [-0.2, 0) is 0 Å². The number of rotatable bonds is 5. The molecule has 0 saturated carbocycles. The Morgan fingerprint density at radius 3 is 2.65 bits per heavy atom. The Hall–Kier alpha value is -1.39. The number of hydrogen-bond acceptors (Lipinski definition) is 4. The largest absolute Gasteiger partial charge is 0.326 e. The van der Waals surface area contributed by atoms with Crippen molar-refractivity contribution in [2.45, 2.75) is 43.5 Å². The second kappa shape index (κ2) is 6.86. The molecule has 2 rings (SSSR count). The zero-order valence-corrected chi connectivity index (χ0v) is 13.0. The predicted octanol–water partition coefficient (Wildman–Crippen LogP) is 3.66. The highest BCUT2D eigenvalue weighted by molar-refractivity contribution is 7.99. The van der Waals surface area contributed by atoms with Crippen LogP contribution in [0.15, 0.2) is 41.6 Å². The summed E-state index contributed by atoms with van der Waals surface area (Å²) in [6.45, 7) is 6.22. The van der Waals surface area contributed by atoms with Gasteiger partial charge in [-0.3, -0.25) is 4.98 Å². The van der Waals surface area contributed by atoms with Gasteiger partial charge in [-0.25, -0.2) is 4.98 Å². The number of thioether (sulfide) groups is 1. The quantitative estimate of drug-likeness (QED) is 0.853. The summed E-state index contributed by atoms with van der Waals surface area (Å²) in [5, 5.41) is 1.15. The van der Waals surface area contributed by atoms with Crippen molar-refractivity contribution in [2.75, 3.05) is 0 Å². The molecule has 0 aliphatic heterocycles. The van der Waals surface area contributed by atoms with Crippen LogP contribution in [0.4, 0.5) is 0 Å². The molecule has 0 radical (unpaired) electrons. The molecule has 2 aromatic rings. The lowest BCUT2D eigenvalue weighted by Crippen LogP contribution is -2.26. The van der Waals surface area contributed by atoms with Gasteiger partial charge < -0.3 is 5.73 Å². The van der Waals surface area contributed by atoms with E-state index in [9.17, 15) is 0 Å². The van der Waals surface area contributed by atoms with E-state index < -0.39 is 0 Å². The second-order valence-electron chi connectivity index (χ2n) is 4.99. The molecule has 4 heteroatoms. The Kier molecular flexibility index (Phi) is 5.15. The van der Waals surface area contributed by atoms with E-state index >= 15 is 0 Å². The molecule has 0 aliphatic carbocycles. The van der Waals surface area contributed by atoms with Gasteiger partial charge in [0, 0.05) is 17.9 Å². The van der Waals surface area contributed by atoms with E-state index in [4.69, 9.17) is 5.73 Å². The topological polar surface area (TPSA) is 51.8 Å². The van der Waals surface area contributed by atoms with Crippen LogP contribution in [0.5, 0.6) is 0 Å². The van der Waals surface area contributed by atoms with Gasteiger partial charge in [0.1, 0.15) is 0 Å². The molecule has 20 heavy (non-hydrogen) atoms. The molecule has 0 spiro atoms. The number of hydrogen-bond donors (Lipinski definition) is 1. The minimum absolute atomic E-state index is 0.0671. The van der Waals surface area contributed by atoms with Gasteiger partial charge in [0.2, 0.25) is 0 Å². The lowest BCUT2D eigenvalue weighted by molar-refractivity contribution is 0.623. The molecular formula is C16H21N3S. The average Bonchev–Trinajstić information content (AvgIpc) is 2.44. The summed E-state index contributed by atoms with van der Waals surface area (Å²) < 4.78 is 0. The van der Waals surface area contributed by atoms with Gasteiger partial charge in [0.15, 0.2) is 0 Å². The Labute approximate surface area is 125 Å². The van der Waals surface area contributed by atoms with E-state index in [0.717, 1.165) is 22.8 Å². The Morgan fingerprint density at radius 2 is 2.05 bits per heavy atom. The zero-order valence-electron chi connectivity index (χ0n) is 12.2. The van der Waals surface area contributed by atoms with Crippen molar-refractivity contribution < 1.29 is 0 Å². The molecule has 0 aliphatic rings. The van der Waals surface area contributed by atoms with E-state index in [1.165, 1.54) is 5.56 Å². The lowest BCUT2D eigenvalue weighted by atomic mass is 10.1. The maximum absolute atomic E-state index is 6.28. The first-order chi connectivity index (χ1) is 9.60. The van der Waals surface area contributed by atoms with Crippen molar-refractivity contribution in [3.63, 3.8) is 0 Å². The smallest absolute Gasteiger partial charge is 0.0972 e. The van der Waals surface area contributed by atoms with Crippen LogP contribution in [-0.4, -0.2) is 16.0 Å². The van der Waals surface area contributed by atoms with E-state index in [1.54, 1.807) is 11.8 Å². The Bertz CT molecular complexity index is 537. The number of pyridine rings is 2. The summed E-state index contributed by atoms with van der Waals surface area (Å²) in [5.41, 5.74) is 9.57. The molecule has 0 amide bonds. The maximum Gasteiger partial charge on any atom is 0.0972 e. The molecular weight excluding hydrogens is 266 g/mol. The molecule has 0 aromatic carbocycles. The van der Waals surface area contributed by atoms with Crippen LogP contribution in [0.2, 0.25) is 0 Å². The first kappa shape index (κ1) is 15.0. The van der Waals surface area contributed by atoms with Gasteiger partial charge in [-0.15, -0.1) is 0 Å². The van der Waals surface area contributed by atoms with Crippen LogP contribution >= 0.6 is 11.8 Å². The van der Waals surface area contributed by atoms with E-state index in [0.29, 0.717) is 0 Å². The van der Waals surface area contributed by atoms with Crippen molar-refractivity contribution in [3.8, 4) is 0 Å². The summed E-state index contributed by atoms with van der Waals surface area (Å²) in [6.07, 6.45) is 2.74. The number of nitrogens with zero attached hydrogens (tertiary/aromatic N) is 2. The predicted molar refractivity (Wildman–Crippen MR) is 84.8 cm³/mol. The summed E-state index contributed by atoms with van der Waals surface area (Å²) >= 11 is 1.70. The van der Waals surface area contributed by atoms with Crippen molar-refractivity contribution in [2.24, 2.45) is 5.73 Å². The number of nitrogens with two attached hydrogens (primary N) is 1. The monoisotopic (exact) mass is 287 g/mol. The van der Waals surface area contributed by atoms with Crippen molar-refractivity contribution in [3.05, 3.63) is 53.5 Å². The average molecular weight is 287 g/mol. The number of aryl methyl sites for hydroxylation is 2. The van der Waals surface area contributed by atoms with Gasteiger partial charge >= 0.3 is 0 Å². The van der Waals surface area contributed by atoms with Crippen LogP contribution in [0.25, 0.3) is 0 Å². The van der Waals surface area contributed by atoms with Crippen molar-refractivity contribution >= 4 is 11.8 Å². The standard InChI is InChI=1S/C16H21N3S/c1-4-13(17)16(14-7-5-6-8-18-14)20-15-10-11(2)9-12(3)19-15/h5-10,13,16H,4,17H2,1-3H3. The van der Waals surface area contributed by atoms with Gasteiger partial charge in [-0.2, -0.15) is 0 Å². The normalized spacial score (nSPS) is 14.0. The molecule has 2 heterocycles. The maximum atomic E-state index is 6.28. The zero-order chi connectivity index (χ0) is 14.5. The molecule has 2 unspecified atom stereocenters. The minimum atomic E-state index is 0.0671. The van der Waals surface area contributed by atoms with Crippen LogP contribution in [0.1, 0.15) is 35.5 Å². The first-order valence-corrected chi connectivity index (χ1v) is 7.76. The highest BCUT2D eigenvalue weighted by Crippen LogP contribution is 2.36. The fourth-order valence-corrected chi connectivity index (χ4v) is 3.46. The van der Waals surface area contributed by atoms with Crippen LogP contribution in [0.3, 0.4) is 0 Å². The third-order valence-electron chi connectivity index (χ3n) is 3.16. The fraction of sp³-hybridized carbons (Fsp3) is 0.375. The van der Waals surface area contributed by atoms with E-state index in [1.807, 2.05) is 31.3 Å². The van der Waals surface area contributed by atoms with Gasteiger partial charge in [-0.05, 0) is 50.1 Å². The summed E-state index contributed by atoms with van der Waals surface area (Å²) in [7, 11) is 0. The molecule has 0 bridgehead atoms. The molecule has 2 atom stereocenters. The highest BCUT2D eigenvalue weighted by Gasteiger charge is 2.21. The fourth-order valence-electron chi connectivity index (χ4n) is 2.12. The van der Waals surface area contributed by atoms with Gasteiger partial charge in [0.05, 0.1) is 16.0 Å². The van der Waals surface area contributed by atoms with Crippen molar-refractivity contribution in [1.29, 1.82) is 0 Å². The van der Waals surface area contributed by atoms with Crippen LogP contribution < -0.4 is 5.73 Å². The highest BCUT2D eigenvalue weighted by atomic mass is 32.2. The first-order valence-electron chi connectivity index (χ1n) is 6.88. The van der Waals surface area contributed by atoms with E-state index in [2.05, 4.69) is 35.9 Å². The SMILES string of the molecule is CCC(N)C(Sc1cc(C)cc(C)n1)c1ccccn1. The summed E-state index contributed by atoms with van der Waals surface area (Å²) in [5.74, 6) is 0. The summed E-state index contributed by atoms with van der Waals surface area (Å²) in [6, 6.07) is 10.2. The third kappa shape index (κ3) is 3.81. The summed E-state index contributed by atoms with van der Waals surface area (Å²) in [4.78, 5) is 9.06. The molecule has 0 saturated heterocycles. The molecule has 2 N–H and O–H groups in total. The van der Waals surface area contributed by atoms with Crippen LogP contribution in [0, 0.1) is 13.8 Å². The second-order valence-corrected chi connectivity index (χ2v) is 6.15. The number of aromatic nitrogens is 2. The molecule has 3 nitrogen and oxygen atoms in total. The third-order valence-corrected chi connectivity index (χ3v) is 4.46. The molecule has 106 valence electrons.